The van der Waals surface area contributed by atoms with Gasteiger partial charge in [0.1, 0.15) is 5.82 Å². The Kier molecular flexibility index (Phi) is 4.89. The van der Waals surface area contributed by atoms with Crippen molar-refractivity contribution in [1.29, 1.82) is 0 Å². The number of nitrogens with one attached hydrogen (secondary N) is 1. The second-order valence-electron chi connectivity index (χ2n) is 6.94. The molecule has 132 valence electrons. The summed E-state index contributed by atoms with van der Waals surface area (Å²) in [5.74, 6) is 0.857. The topological polar surface area (TPSA) is 70.5 Å². The number of rotatable bonds is 4. The Balaban J connectivity index is 1.62. The predicted molar refractivity (Wildman–Crippen MR) is 91.6 cm³/mol. The van der Waals surface area contributed by atoms with E-state index < -0.39 is 0 Å². The van der Waals surface area contributed by atoms with Crippen LogP contribution < -0.4 is 5.32 Å². The quantitative estimate of drug-likeness (QED) is 0.897. The van der Waals surface area contributed by atoms with Crippen LogP contribution in [0.25, 0.3) is 0 Å². The number of carbonyl (C=O) groups is 2. The molecule has 7 nitrogen and oxygen atoms in total. The summed E-state index contributed by atoms with van der Waals surface area (Å²) < 4.78 is 1.68. The lowest BCUT2D eigenvalue weighted by molar-refractivity contribution is -0.130. The maximum absolute atomic E-state index is 12.4. The third-order valence-corrected chi connectivity index (χ3v) is 5.18. The lowest BCUT2D eigenvalue weighted by Crippen LogP contribution is -2.49. The summed E-state index contributed by atoms with van der Waals surface area (Å²) in [6.07, 6.45) is 4.26. The number of likely N-dealkylation sites (tertiary alicyclic amines) is 2. The predicted octanol–water partition coefficient (Wildman–Crippen LogP) is 1.14. The van der Waals surface area contributed by atoms with Crippen molar-refractivity contribution in [3.8, 4) is 0 Å². The van der Waals surface area contributed by atoms with Gasteiger partial charge in [-0.2, -0.15) is 5.10 Å². The van der Waals surface area contributed by atoms with Gasteiger partial charge in [-0.3, -0.25) is 19.2 Å². The van der Waals surface area contributed by atoms with Gasteiger partial charge in [0.15, 0.2) is 0 Å². The van der Waals surface area contributed by atoms with E-state index >= 15 is 0 Å². The molecule has 3 heterocycles. The van der Waals surface area contributed by atoms with Crippen molar-refractivity contribution in [2.45, 2.75) is 51.6 Å². The Labute approximate surface area is 143 Å². The van der Waals surface area contributed by atoms with Crippen molar-refractivity contribution in [3.63, 3.8) is 0 Å². The molecule has 1 aromatic rings. The highest BCUT2D eigenvalue weighted by Gasteiger charge is 2.39. The molecule has 7 heteroatoms. The van der Waals surface area contributed by atoms with E-state index in [2.05, 4.69) is 15.3 Å². The fraction of sp³-hybridized carbons (Fsp3) is 0.706. The first-order chi connectivity index (χ1) is 11.5. The van der Waals surface area contributed by atoms with E-state index in [4.69, 9.17) is 0 Å². The molecular formula is C17H27N5O2. The largest absolute Gasteiger partial charge is 0.338 e. The number of aromatic nitrogens is 2. The van der Waals surface area contributed by atoms with Crippen LogP contribution in [0.1, 0.15) is 38.3 Å². The summed E-state index contributed by atoms with van der Waals surface area (Å²) in [5.41, 5.74) is 0.884. The molecule has 2 fully saturated rings. The van der Waals surface area contributed by atoms with Gasteiger partial charge >= 0.3 is 0 Å². The lowest BCUT2D eigenvalue weighted by Gasteiger charge is -2.34. The summed E-state index contributed by atoms with van der Waals surface area (Å²) in [7, 11) is 1.82. The van der Waals surface area contributed by atoms with Crippen LogP contribution >= 0.6 is 0 Å². The normalized spacial score (nSPS) is 24.5. The van der Waals surface area contributed by atoms with E-state index in [-0.39, 0.29) is 17.9 Å². The Hall–Kier alpha value is -1.89. The summed E-state index contributed by atoms with van der Waals surface area (Å²) in [6, 6.07) is 2.43. The molecule has 2 saturated heterocycles. The molecule has 0 bridgehead atoms. The van der Waals surface area contributed by atoms with Gasteiger partial charge in [-0.15, -0.1) is 0 Å². The van der Waals surface area contributed by atoms with Gasteiger partial charge in [0.2, 0.25) is 11.8 Å². The zero-order valence-corrected chi connectivity index (χ0v) is 14.8. The molecule has 24 heavy (non-hydrogen) atoms. The highest BCUT2D eigenvalue weighted by Crippen LogP contribution is 2.29. The maximum Gasteiger partial charge on any atom is 0.239 e. The van der Waals surface area contributed by atoms with E-state index in [9.17, 15) is 9.59 Å². The van der Waals surface area contributed by atoms with Crippen molar-refractivity contribution >= 4 is 17.6 Å². The third-order valence-electron chi connectivity index (χ3n) is 5.18. The zero-order chi connectivity index (χ0) is 17.3. The SMILES string of the molecule is CC(=O)N1CCC[C@H]1[C@@H]1CCCN1CC(=O)Nc1cc(C)nn1C. The number of hydrogen-bond acceptors (Lipinski definition) is 4. The van der Waals surface area contributed by atoms with Crippen molar-refractivity contribution in [3.05, 3.63) is 11.8 Å². The van der Waals surface area contributed by atoms with Crippen LogP contribution in [0.5, 0.6) is 0 Å². The van der Waals surface area contributed by atoms with E-state index in [1.54, 1.807) is 11.6 Å². The van der Waals surface area contributed by atoms with Gasteiger partial charge in [0, 0.05) is 38.7 Å². The van der Waals surface area contributed by atoms with Crippen LogP contribution in [-0.4, -0.2) is 63.1 Å². The zero-order valence-electron chi connectivity index (χ0n) is 14.8. The first-order valence-corrected chi connectivity index (χ1v) is 8.77. The molecule has 1 aromatic heterocycles. The standard InChI is InChI=1S/C17H27N5O2/c1-12-10-16(20(3)19-12)18-17(24)11-21-8-4-6-14(21)15-7-5-9-22(15)13(2)23/h10,14-15H,4-9,11H2,1-3H3,(H,18,24)/t14-,15-/m0/s1. The molecule has 0 aromatic carbocycles. The fourth-order valence-electron chi connectivity index (χ4n) is 4.16. The monoisotopic (exact) mass is 333 g/mol. The molecule has 2 amide bonds. The van der Waals surface area contributed by atoms with Gasteiger partial charge in [0.25, 0.3) is 0 Å². The first kappa shape index (κ1) is 17.0. The van der Waals surface area contributed by atoms with Crippen LogP contribution in [0.15, 0.2) is 6.07 Å². The maximum atomic E-state index is 12.4. The van der Waals surface area contributed by atoms with Gasteiger partial charge in [-0.25, -0.2) is 0 Å². The molecule has 0 spiro atoms. The molecule has 2 aliphatic rings. The molecule has 0 radical (unpaired) electrons. The lowest BCUT2D eigenvalue weighted by atomic mass is 10.0. The second kappa shape index (κ2) is 6.93. The Bertz CT molecular complexity index is 626. The van der Waals surface area contributed by atoms with Crippen LogP contribution in [0.3, 0.4) is 0 Å². The third kappa shape index (κ3) is 3.45. The molecular weight excluding hydrogens is 306 g/mol. The average Bonchev–Trinajstić information content (AvgIpc) is 3.19. The minimum atomic E-state index is -0.0164. The molecule has 0 aliphatic carbocycles. The number of amides is 2. The van der Waals surface area contributed by atoms with Crippen LogP contribution in [-0.2, 0) is 16.6 Å². The molecule has 2 atom stereocenters. The summed E-state index contributed by atoms with van der Waals surface area (Å²) in [5, 5.41) is 7.19. The Morgan fingerprint density at radius 2 is 1.96 bits per heavy atom. The van der Waals surface area contributed by atoms with Crippen molar-refractivity contribution < 1.29 is 9.59 Å². The van der Waals surface area contributed by atoms with Gasteiger partial charge < -0.3 is 10.2 Å². The highest BCUT2D eigenvalue weighted by molar-refractivity contribution is 5.91. The summed E-state index contributed by atoms with van der Waals surface area (Å²) in [4.78, 5) is 28.5. The van der Waals surface area contributed by atoms with Gasteiger partial charge in [0.05, 0.1) is 12.2 Å². The number of anilines is 1. The van der Waals surface area contributed by atoms with Crippen LogP contribution in [0.4, 0.5) is 5.82 Å². The fourth-order valence-corrected chi connectivity index (χ4v) is 4.16. The van der Waals surface area contributed by atoms with Crippen LogP contribution in [0.2, 0.25) is 0 Å². The summed E-state index contributed by atoms with van der Waals surface area (Å²) in [6.45, 7) is 5.70. The number of hydrogen-bond donors (Lipinski definition) is 1. The molecule has 1 N–H and O–H groups in total. The molecule has 0 saturated carbocycles. The number of nitrogens with zero attached hydrogens (tertiary/aromatic N) is 4. The highest BCUT2D eigenvalue weighted by atomic mass is 16.2. The van der Waals surface area contributed by atoms with Gasteiger partial charge in [-0.05, 0) is 39.2 Å². The van der Waals surface area contributed by atoms with Gasteiger partial charge in [-0.1, -0.05) is 0 Å². The van der Waals surface area contributed by atoms with E-state index in [0.29, 0.717) is 12.6 Å². The van der Waals surface area contributed by atoms with Crippen LogP contribution in [0, 0.1) is 6.92 Å². The summed E-state index contributed by atoms with van der Waals surface area (Å²) >= 11 is 0. The van der Waals surface area contributed by atoms with E-state index in [1.807, 2.05) is 24.9 Å². The Morgan fingerprint density at radius 1 is 1.25 bits per heavy atom. The Morgan fingerprint density at radius 3 is 2.62 bits per heavy atom. The average molecular weight is 333 g/mol. The van der Waals surface area contributed by atoms with Crippen molar-refractivity contribution in [2.24, 2.45) is 7.05 Å². The molecule has 3 rings (SSSR count). The minimum Gasteiger partial charge on any atom is -0.338 e. The number of aryl methyl sites for hydroxylation is 2. The second-order valence-corrected chi connectivity index (χ2v) is 6.94. The van der Waals surface area contributed by atoms with Crippen molar-refractivity contribution in [1.82, 2.24) is 19.6 Å². The molecule has 2 aliphatic heterocycles. The number of carbonyl (C=O) groups excluding carboxylic acids is 2. The minimum absolute atomic E-state index is 0.0164. The van der Waals surface area contributed by atoms with E-state index in [1.165, 1.54) is 0 Å². The van der Waals surface area contributed by atoms with E-state index in [0.717, 1.165) is 50.3 Å². The van der Waals surface area contributed by atoms with Crippen molar-refractivity contribution in [2.75, 3.05) is 25.0 Å². The smallest absolute Gasteiger partial charge is 0.239 e. The molecule has 0 unspecified atom stereocenters. The first-order valence-electron chi connectivity index (χ1n) is 8.77.